The highest BCUT2D eigenvalue weighted by Gasteiger charge is 2.21. The Morgan fingerprint density at radius 2 is 2.17 bits per heavy atom. The SMILES string of the molecule is CC(C)(CCBr)NC(=O)c1cccc([N+](=O)[O-])c1. The topological polar surface area (TPSA) is 72.2 Å². The van der Waals surface area contributed by atoms with Gasteiger partial charge >= 0.3 is 0 Å². The number of nitro groups is 1. The van der Waals surface area contributed by atoms with Crippen molar-refractivity contribution in [3.63, 3.8) is 0 Å². The first-order valence-electron chi connectivity index (χ1n) is 5.49. The van der Waals surface area contributed by atoms with E-state index in [2.05, 4.69) is 21.2 Å². The molecular weight excluding hydrogens is 300 g/mol. The summed E-state index contributed by atoms with van der Waals surface area (Å²) in [4.78, 5) is 22.1. The van der Waals surface area contributed by atoms with Gasteiger partial charge in [-0.15, -0.1) is 0 Å². The first-order chi connectivity index (χ1) is 8.35. The molecule has 0 aliphatic heterocycles. The summed E-state index contributed by atoms with van der Waals surface area (Å²) in [6, 6.07) is 5.71. The number of carbonyl (C=O) groups excluding carboxylic acids is 1. The van der Waals surface area contributed by atoms with Crippen molar-refractivity contribution in [3.05, 3.63) is 39.9 Å². The number of nitrogens with zero attached hydrogens (tertiary/aromatic N) is 1. The van der Waals surface area contributed by atoms with Gasteiger partial charge in [0.1, 0.15) is 0 Å². The normalized spacial score (nSPS) is 11.1. The molecule has 0 radical (unpaired) electrons. The van der Waals surface area contributed by atoms with Gasteiger partial charge in [-0.25, -0.2) is 0 Å². The third kappa shape index (κ3) is 4.10. The van der Waals surface area contributed by atoms with Gasteiger partial charge < -0.3 is 5.32 Å². The summed E-state index contributed by atoms with van der Waals surface area (Å²) in [5.41, 5.74) is -0.140. The summed E-state index contributed by atoms with van der Waals surface area (Å²) in [5, 5.41) is 14.3. The zero-order chi connectivity index (χ0) is 13.8. The highest BCUT2D eigenvalue weighted by atomic mass is 79.9. The van der Waals surface area contributed by atoms with E-state index in [1.54, 1.807) is 6.07 Å². The van der Waals surface area contributed by atoms with E-state index in [4.69, 9.17) is 0 Å². The lowest BCUT2D eigenvalue weighted by Crippen LogP contribution is -2.43. The molecule has 1 amide bonds. The lowest BCUT2D eigenvalue weighted by Gasteiger charge is -2.25. The maximum atomic E-state index is 12.0. The molecule has 6 heteroatoms. The van der Waals surface area contributed by atoms with Crippen LogP contribution in [0.3, 0.4) is 0 Å². The molecule has 1 aromatic carbocycles. The molecule has 0 aliphatic carbocycles. The van der Waals surface area contributed by atoms with Crippen molar-refractivity contribution in [2.75, 3.05) is 5.33 Å². The molecule has 0 saturated heterocycles. The monoisotopic (exact) mass is 314 g/mol. The molecule has 5 nitrogen and oxygen atoms in total. The fraction of sp³-hybridized carbons (Fsp3) is 0.417. The van der Waals surface area contributed by atoms with Gasteiger partial charge in [0.25, 0.3) is 11.6 Å². The Hall–Kier alpha value is -1.43. The van der Waals surface area contributed by atoms with E-state index in [-0.39, 0.29) is 17.1 Å². The number of hydrogen-bond donors (Lipinski definition) is 1. The maximum Gasteiger partial charge on any atom is 0.270 e. The molecule has 18 heavy (non-hydrogen) atoms. The first kappa shape index (κ1) is 14.6. The van der Waals surface area contributed by atoms with E-state index in [1.807, 2.05) is 13.8 Å². The molecule has 1 N–H and O–H groups in total. The summed E-state index contributed by atoms with van der Waals surface area (Å²) < 4.78 is 0. The summed E-state index contributed by atoms with van der Waals surface area (Å²) >= 11 is 3.32. The number of carbonyl (C=O) groups is 1. The molecule has 0 aromatic heterocycles. The minimum Gasteiger partial charge on any atom is -0.347 e. The zero-order valence-electron chi connectivity index (χ0n) is 10.3. The van der Waals surface area contributed by atoms with Crippen LogP contribution < -0.4 is 5.32 Å². The average Bonchev–Trinajstić information content (AvgIpc) is 2.28. The zero-order valence-corrected chi connectivity index (χ0v) is 11.9. The molecule has 1 aromatic rings. The van der Waals surface area contributed by atoms with Crippen molar-refractivity contribution in [3.8, 4) is 0 Å². The summed E-state index contributed by atoms with van der Waals surface area (Å²) in [5.74, 6) is -0.301. The van der Waals surface area contributed by atoms with Crippen LogP contribution in [0, 0.1) is 10.1 Å². The number of amides is 1. The van der Waals surface area contributed by atoms with Crippen molar-refractivity contribution in [1.82, 2.24) is 5.32 Å². The Morgan fingerprint density at radius 1 is 1.50 bits per heavy atom. The van der Waals surface area contributed by atoms with Crippen LogP contribution in [0.4, 0.5) is 5.69 Å². The number of hydrogen-bond acceptors (Lipinski definition) is 3. The Balaban J connectivity index is 2.84. The van der Waals surface area contributed by atoms with Gasteiger partial charge in [0, 0.05) is 28.6 Å². The van der Waals surface area contributed by atoms with E-state index in [1.165, 1.54) is 18.2 Å². The summed E-state index contributed by atoms with van der Waals surface area (Å²) in [6.45, 7) is 3.81. The van der Waals surface area contributed by atoms with Crippen molar-refractivity contribution >= 4 is 27.5 Å². The molecule has 1 rings (SSSR count). The van der Waals surface area contributed by atoms with Gasteiger partial charge in [-0.1, -0.05) is 22.0 Å². The van der Waals surface area contributed by atoms with Crippen LogP contribution in [-0.4, -0.2) is 21.7 Å². The fourth-order valence-corrected chi connectivity index (χ4v) is 2.43. The summed E-state index contributed by atoms with van der Waals surface area (Å²) in [6.07, 6.45) is 0.771. The summed E-state index contributed by atoms with van der Waals surface area (Å²) in [7, 11) is 0. The number of rotatable bonds is 5. The van der Waals surface area contributed by atoms with Gasteiger partial charge in [-0.3, -0.25) is 14.9 Å². The Bertz CT molecular complexity index is 460. The van der Waals surface area contributed by atoms with Crippen LogP contribution >= 0.6 is 15.9 Å². The first-order valence-corrected chi connectivity index (χ1v) is 6.61. The van der Waals surface area contributed by atoms with E-state index in [0.717, 1.165) is 11.8 Å². The Kier molecular flexibility index (Phi) is 4.84. The minimum atomic E-state index is -0.513. The van der Waals surface area contributed by atoms with Gasteiger partial charge in [0.2, 0.25) is 0 Å². The second-order valence-corrected chi connectivity index (χ2v) is 5.38. The number of non-ortho nitro benzene ring substituents is 1. The number of benzene rings is 1. The van der Waals surface area contributed by atoms with E-state index in [0.29, 0.717) is 5.56 Å². The average molecular weight is 315 g/mol. The minimum absolute atomic E-state index is 0.0825. The van der Waals surface area contributed by atoms with Crippen LogP contribution in [0.15, 0.2) is 24.3 Å². The number of nitrogens with one attached hydrogen (secondary N) is 1. The Morgan fingerprint density at radius 3 is 2.72 bits per heavy atom. The lowest BCUT2D eigenvalue weighted by molar-refractivity contribution is -0.384. The molecule has 98 valence electrons. The third-order valence-electron chi connectivity index (χ3n) is 2.49. The highest BCUT2D eigenvalue weighted by molar-refractivity contribution is 9.09. The molecule has 0 bridgehead atoms. The predicted molar refractivity (Wildman–Crippen MR) is 73.1 cm³/mol. The van der Waals surface area contributed by atoms with Crippen LogP contribution in [-0.2, 0) is 0 Å². The number of halogens is 1. The molecule has 0 saturated carbocycles. The van der Waals surface area contributed by atoms with E-state index >= 15 is 0 Å². The van der Waals surface area contributed by atoms with Gasteiger partial charge in [-0.05, 0) is 26.3 Å². The fourth-order valence-electron chi connectivity index (χ4n) is 1.44. The van der Waals surface area contributed by atoms with Crippen molar-refractivity contribution in [2.45, 2.75) is 25.8 Å². The standard InChI is InChI=1S/C12H15BrN2O3/c1-12(2,6-7-13)14-11(16)9-4-3-5-10(8-9)15(17)18/h3-5,8H,6-7H2,1-2H3,(H,14,16). The molecule has 0 atom stereocenters. The quantitative estimate of drug-likeness (QED) is 0.516. The van der Waals surface area contributed by atoms with Crippen molar-refractivity contribution < 1.29 is 9.72 Å². The number of nitro benzene ring substituents is 1. The smallest absolute Gasteiger partial charge is 0.270 e. The highest BCUT2D eigenvalue weighted by Crippen LogP contribution is 2.15. The van der Waals surface area contributed by atoms with Crippen molar-refractivity contribution in [2.24, 2.45) is 0 Å². The van der Waals surface area contributed by atoms with Crippen LogP contribution in [0.2, 0.25) is 0 Å². The Labute approximate surface area is 114 Å². The second kappa shape index (κ2) is 5.95. The van der Waals surface area contributed by atoms with Crippen LogP contribution in [0.5, 0.6) is 0 Å². The van der Waals surface area contributed by atoms with Gasteiger partial charge in [-0.2, -0.15) is 0 Å². The van der Waals surface area contributed by atoms with Gasteiger partial charge in [0.05, 0.1) is 4.92 Å². The molecular formula is C12H15BrN2O3. The molecule has 0 fully saturated rings. The van der Waals surface area contributed by atoms with Crippen LogP contribution in [0.25, 0.3) is 0 Å². The molecule has 0 spiro atoms. The van der Waals surface area contributed by atoms with Crippen LogP contribution in [0.1, 0.15) is 30.6 Å². The van der Waals surface area contributed by atoms with E-state index in [9.17, 15) is 14.9 Å². The second-order valence-electron chi connectivity index (χ2n) is 4.58. The molecule has 0 aliphatic rings. The van der Waals surface area contributed by atoms with E-state index < -0.39 is 4.92 Å². The maximum absolute atomic E-state index is 12.0. The largest absolute Gasteiger partial charge is 0.347 e. The number of alkyl halides is 1. The third-order valence-corrected chi connectivity index (χ3v) is 2.89. The predicted octanol–water partition coefficient (Wildman–Crippen LogP) is 2.89. The molecule has 0 unspecified atom stereocenters. The van der Waals surface area contributed by atoms with Gasteiger partial charge in [0.15, 0.2) is 0 Å². The van der Waals surface area contributed by atoms with Crippen molar-refractivity contribution in [1.29, 1.82) is 0 Å². The lowest BCUT2D eigenvalue weighted by atomic mass is 10.0. The molecule has 0 heterocycles.